The second-order valence-electron chi connectivity index (χ2n) is 18.8. The Morgan fingerprint density at radius 2 is 1.82 bits per heavy atom. The number of carbonyl (C=O) groups is 3. The molecule has 1 unspecified atom stereocenters. The Kier molecular flexibility index (Phi) is 21.9. The van der Waals surface area contributed by atoms with E-state index < -0.39 is 17.5 Å². The Morgan fingerprint density at radius 1 is 1.06 bits per heavy atom. The van der Waals surface area contributed by atoms with Crippen LogP contribution in [0.3, 0.4) is 0 Å². The van der Waals surface area contributed by atoms with Crippen LogP contribution in [0.4, 0.5) is 0 Å². The van der Waals surface area contributed by atoms with Gasteiger partial charge in [0, 0.05) is 84.1 Å². The molecule has 0 radical (unpaired) electrons. The summed E-state index contributed by atoms with van der Waals surface area (Å²) in [5.41, 5.74) is 11.1. The van der Waals surface area contributed by atoms with E-state index in [4.69, 9.17) is 24.2 Å². The molecule has 67 heavy (non-hydrogen) atoms. The minimum absolute atomic E-state index is 0. The van der Waals surface area contributed by atoms with Gasteiger partial charge in [-0.25, -0.2) is 10.4 Å². The maximum Gasteiger partial charge on any atom is 0.324 e. The van der Waals surface area contributed by atoms with Gasteiger partial charge in [0.05, 0.1) is 48.0 Å². The highest BCUT2D eigenvalue weighted by molar-refractivity contribution is 7.60. The number of aromatic nitrogens is 3. The molecule has 4 fully saturated rings. The van der Waals surface area contributed by atoms with Crippen molar-refractivity contribution in [3.05, 3.63) is 57.7 Å². The smallest absolute Gasteiger partial charge is 0.324 e. The number of amides is 2. The molecular formula is C47H73N7O6S7. The summed E-state index contributed by atoms with van der Waals surface area (Å²) in [5.74, 6) is -0.198. The number of cyclic esters (lactones) is 1. The first-order chi connectivity index (χ1) is 29.4. The summed E-state index contributed by atoms with van der Waals surface area (Å²) in [6.07, 6.45) is 6.80. The van der Waals surface area contributed by atoms with Crippen LogP contribution in [-0.2, 0) is 48.0 Å². The monoisotopic (exact) mass is 1060 g/mol. The average molecular weight is 1060 g/mol. The van der Waals surface area contributed by atoms with Gasteiger partial charge < -0.3 is 24.1 Å². The molecule has 2 amide bonds. The normalized spacial score (nSPS) is 25.1. The number of piperidine rings is 1. The fourth-order valence-electron chi connectivity index (χ4n) is 10.1. The number of morpholine rings is 1. The van der Waals surface area contributed by atoms with E-state index in [0.29, 0.717) is 43.7 Å². The Bertz CT molecular complexity index is 2330. The van der Waals surface area contributed by atoms with Crippen molar-refractivity contribution in [2.75, 3.05) is 46.6 Å². The van der Waals surface area contributed by atoms with Crippen LogP contribution in [0.2, 0.25) is 0 Å². The highest BCUT2D eigenvalue weighted by Crippen LogP contribution is 2.44. The van der Waals surface area contributed by atoms with E-state index >= 15 is 0 Å². The SMILES string of the molecule is CCn1c(-c2cc(C3CCN4CCOC[C@@H]4C3)cnc2[C@H](C)OC)c2c3cc(ccc31)-c1csc(n1)C[C@H](NC(=O)[C@H]1C[C@@H]1C)C(=O)N1CCC[C@H](N1)C(=O)OCC(C)(C)C2.S.S.S.S.S.S. The molecule has 374 valence electrons. The van der Waals surface area contributed by atoms with E-state index in [9.17, 15) is 14.4 Å². The van der Waals surface area contributed by atoms with Crippen LogP contribution in [0.5, 0.6) is 0 Å². The van der Waals surface area contributed by atoms with Gasteiger partial charge in [0.1, 0.15) is 12.1 Å². The predicted molar refractivity (Wildman–Crippen MR) is 297 cm³/mol. The van der Waals surface area contributed by atoms with Gasteiger partial charge in [-0.3, -0.25) is 29.3 Å². The summed E-state index contributed by atoms with van der Waals surface area (Å²) in [7, 11) is 1.74. The fourth-order valence-corrected chi connectivity index (χ4v) is 10.9. The number of nitrogens with zero attached hydrogens (tertiary/aromatic N) is 5. The zero-order chi connectivity index (χ0) is 42.6. The minimum atomic E-state index is -0.828. The molecule has 7 atom stereocenters. The van der Waals surface area contributed by atoms with Gasteiger partial charge in [0.15, 0.2) is 0 Å². The third-order valence-electron chi connectivity index (χ3n) is 13.8. The number of fused-ring (bicyclic) bond motifs is 7. The first-order valence-electron chi connectivity index (χ1n) is 22.4. The van der Waals surface area contributed by atoms with Crippen molar-refractivity contribution in [3.63, 3.8) is 0 Å². The Hall–Kier alpha value is -2.11. The summed E-state index contributed by atoms with van der Waals surface area (Å²) >= 11 is 1.50. The standard InChI is InChI=1S/C47H61N7O6S.6H2S/c1-7-53-40-11-10-30-19-34(40)36(43(53)35-20-31(23-48-42(35)28(3)58-6)29-12-14-52-15-16-59-24-32(52)18-29)22-47(4,5)26-60-46(57)37-9-8-13-54(51-37)45(56)38(21-41-49-39(30)25-61-41)50-44(55)33-17-27(33)2;;;;;;/h10-11,19-20,23,25,27-29,32-33,37-38,51H,7-9,12-18,21-22,24,26H2,1-6H3,(H,50,55);6*1H2/t27-,28-,29?,32-,33-,37-,38-;;;;;;/m0....../s1. The van der Waals surface area contributed by atoms with Crippen molar-refractivity contribution in [2.45, 2.75) is 116 Å². The largest absolute Gasteiger partial charge is 0.464 e. The number of pyridine rings is 1. The van der Waals surface area contributed by atoms with Crippen LogP contribution >= 0.6 is 92.3 Å². The van der Waals surface area contributed by atoms with E-state index in [0.717, 1.165) is 96.2 Å². The van der Waals surface area contributed by atoms with Crippen LogP contribution < -0.4 is 10.7 Å². The molecule has 9 rings (SSSR count). The lowest BCUT2D eigenvalue weighted by Gasteiger charge is -2.42. The Labute approximate surface area is 442 Å². The lowest BCUT2D eigenvalue weighted by Crippen LogP contribution is -2.60. The van der Waals surface area contributed by atoms with Crippen molar-refractivity contribution in [1.82, 2.24) is 35.2 Å². The van der Waals surface area contributed by atoms with Gasteiger partial charge >= 0.3 is 5.97 Å². The molecule has 3 saturated heterocycles. The molecule has 4 aromatic rings. The molecule has 1 aliphatic carbocycles. The van der Waals surface area contributed by atoms with Crippen molar-refractivity contribution < 1.29 is 28.6 Å². The summed E-state index contributed by atoms with van der Waals surface area (Å²) < 4.78 is 20.5. The Morgan fingerprint density at radius 3 is 2.54 bits per heavy atom. The predicted octanol–water partition coefficient (Wildman–Crippen LogP) is 7.11. The van der Waals surface area contributed by atoms with Crippen LogP contribution in [0.15, 0.2) is 35.8 Å². The minimum Gasteiger partial charge on any atom is -0.464 e. The number of ether oxygens (including phenoxy) is 3. The maximum absolute atomic E-state index is 14.2. The number of benzene rings is 1. The van der Waals surface area contributed by atoms with Crippen LogP contribution in [0, 0.1) is 17.3 Å². The molecule has 13 nitrogen and oxygen atoms in total. The zero-order valence-corrected chi connectivity index (χ0v) is 46.3. The number of nitrogens with one attached hydrogen (secondary N) is 2. The summed E-state index contributed by atoms with van der Waals surface area (Å²) in [6.45, 7) is 15.6. The third-order valence-corrected chi connectivity index (χ3v) is 14.7. The van der Waals surface area contributed by atoms with Gasteiger partial charge in [-0.2, -0.15) is 81.0 Å². The molecule has 7 heterocycles. The van der Waals surface area contributed by atoms with Crippen LogP contribution in [0.1, 0.15) is 101 Å². The van der Waals surface area contributed by atoms with Crippen molar-refractivity contribution in [1.29, 1.82) is 0 Å². The molecule has 20 heteroatoms. The summed E-state index contributed by atoms with van der Waals surface area (Å²) in [4.78, 5) is 54.2. The Balaban J connectivity index is 0.00000198. The molecule has 6 bridgehead atoms. The molecule has 5 aliphatic rings. The molecule has 0 spiro atoms. The highest BCUT2D eigenvalue weighted by Gasteiger charge is 2.42. The molecule has 4 aliphatic heterocycles. The van der Waals surface area contributed by atoms with E-state index in [-0.39, 0.29) is 124 Å². The number of hydrogen-bond donors (Lipinski definition) is 2. The number of hydrazine groups is 1. The number of rotatable bonds is 7. The average Bonchev–Trinajstić information content (AvgIpc) is 3.70. The first-order valence-corrected chi connectivity index (χ1v) is 23.3. The van der Waals surface area contributed by atoms with Gasteiger partial charge in [-0.05, 0) is 100 Å². The maximum atomic E-state index is 14.2. The first kappa shape index (κ1) is 59.2. The fraction of sp³-hybridized carbons (Fsp3) is 0.596. The number of aryl methyl sites for hydroxylation is 1. The summed E-state index contributed by atoms with van der Waals surface area (Å²) in [6, 6.07) is 7.87. The van der Waals surface area contributed by atoms with Gasteiger partial charge in [0.25, 0.3) is 5.91 Å². The topological polar surface area (TPSA) is 140 Å². The van der Waals surface area contributed by atoms with Gasteiger partial charge in [-0.15, -0.1) is 11.3 Å². The molecule has 3 aromatic heterocycles. The second-order valence-corrected chi connectivity index (χ2v) is 19.8. The number of hydrogen-bond acceptors (Lipinski definition) is 11. The van der Waals surface area contributed by atoms with Crippen molar-refractivity contribution >= 4 is 121 Å². The molecule has 1 saturated carbocycles. The highest BCUT2D eigenvalue weighted by atomic mass is 32.1. The molecule has 2 N–H and O–H groups in total. The second kappa shape index (κ2) is 24.8. The molecule has 1 aromatic carbocycles. The lowest BCUT2D eigenvalue weighted by molar-refractivity contribution is -0.155. The van der Waals surface area contributed by atoms with Gasteiger partial charge in [-0.1, -0.05) is 26.8 Å². The van der Waals surface area contributed by atoms with E-state index in [2.05, 4.69) is 90.7 Å². The van der Waals surface area contributed by atoms with E-state index in [1.54, 1.807) is 7.11 Å². The van der Waals surface area contributed by atoms with E-state index in [1.165, 1.54) is 27.5 Å². The van der Waals surface area contributed by atoms with Crippen LogP contribution in [0.25, 0.3) is 33.4 Å². The van der Waals surface area contributed by atoms with E-state index in [1.807, 2.05) is 0 Å². The molecular weight excluding hydrogens is 983 g/mol. The number of methoxy groups -OCH3 is 1. The number of esters is 1. The number of carbonyl (C=O) groups excluding carboxylic acids is 3. The van der Waals surface area contributed by atoms with Crippen molar-refractivity contribution in [2.24, 2.45) is 17.3 Å². The zero-order valence-electron chi connectivity index (χ0n) is 39.5. The quantitative estimate of drug-likeness (QED) is 0.184. The lowest BCUT2D eigenvalue weighted by atomic mass is 9.82. The van der Waals surface area contributed by atoms with Crippen molar-refractivity contribution in [3.8, 4) is 22.5 Å². The van der Waals surface area contributed by atoms with Gasteiger partial charge in [0.2, 0.25) is 5.91 Å². The summed E-state index contributed by atoms with van der Waals surface area (Å²) in [5, 5.41) is 8.49. The van der Waals surface area contributed by atoms with Crippen LogP contribution in [-0.4, -0.2) is 107 Å². The third kappa shape index (κ3) is 12.5. The number of thiazole rings is 1.